The van der Waals surface area contributed by atoms with Crippen molar-refractivity contribution in [1.29, 1.82) is 5.26 Å². The highest BCUT2D eigenvalue weighted by Crippen LogP contribution is 2.35. The van der Waals surface area contributed by atoms with E-state index in [0.717, 1.165) is 12.1 Å². The monoisotopic (exact) mass is 351 g/mol. The second-order valence-corrected chi connectivity index (χ2v) is 7.62. The van der Waals surface area contributed by atoms with Crippen LogP contribution in [0.3, 0.4) is 0 Å². The lowest BCUT2D eigenvalue weighted by atomic mass is 9.79. The number of piperidine rings is 1. The van der Waals surface area contributed by atoms with Crippen molar-refractivity contribution >= 4 is 12.0 Å². The van der Waals surface area contributed by atoms with Gasteiger partial charge in [0.2, 0.25) is 5.91 Å². The van der Waals surface area contributed by atoms with Gasteiger partial charge >= 0.3 is 0 Å². The third-order valence-electron chi connectivity index (χ3n) is 5.87. The molecule has 1 aliphatic carbocycles. The Morgan fingerprint density at radius 3 is 2.38 bits per heavy atom. The molecule has 0 atom stereocenters. The SMILES string of the molecule is N#Cc1ccc(/C=C/C(=O)NCC2(N3CCCCC3)CCCCC2)cc1. The van der Waals surface area contributed by atoms with Gasteiger partial charge in [0.05, 0.1) is 11.6 Å². The summed E-state index contributed by atoms with van der Waals surface area (Å²) < 4.78 is 0. The van der Waals surface area contributed by atoms with Gasteiger partial charge in [-0.1, -0.05) is 37.8 Å². The van der Waals surface area contributed by atoms with Crippen LogP contribution in [0.15, 0.2) is 30.3 Å². The molecule has 4 nitrogen and oxygen atoms in total. The number of nitrogens with one attached hydrogen (secondary N) is 1. The summed E-state index contributed by atoms with van der Waals surface area (Å²) in [6.07, 6.45) is 13.6. The van der Waals surface area contributed by atoms with E-state index in [1.807, 2.05) is 18.2 Å². The van der Waals surface area contributed by atoms with Gasteiger partial charge in [-0.3, -0.25) is 9.69 Å². The Labute approximate surface area is 156 Å². The predicted molar refractivity (Wildman–Crippen MR) is 104 cm³/mol. The summed E-state index contributed by atoms with van der Waals surface area (Å²) in [5.41, 5.74) is 1.73. The van der Waals surface area contributed by atoms with Crippen molar-refractivity contribution in [1.82, 2.24) is 10.2 Å². The maximum atomic E-state index is 12.3. The Morgan fingerprint density at radius 1 is 1.08 bits per heavy atom. The first-order valence-corrected chi connectivity index (χ1v) is 9.93. The molecule has 4 heteroatoms. The lowest BCUT2D eigenvalue weighted by molar-refractivity contribution is -0.117. The van der Waals surface area contributed by atoms with Gasteiger partial charge in [0.1, 0.15) is 0 Å². The van der Waals surface area contributed by atoms with Gasteiger partial charge < -0.3 is 5.32 Å². The number of nitrogens with zero attached hydrogens (tertiary/aromatic N) is 2. The molecule has 1 saturated carbocycles. The number of nitriles is 1. The van der Waals surface area contributed by atoms with E-state index in [9.17, 15) is 4.79 Å². The number of likely N-dealkylation sites (tertiary alicyclic amines) is 1. The van der Waals surface area contributed by atoms with Crippen molar-refractivity contribution in [2.45, 2.75) is 56.9 Å². The molecule has 3 rings (SSSR count). The average molecular weight is 351 g/mol. The number of hydrogen-bond donors (Lipinski definition) is 1. The van der Waals surface area contributed by atoms with E-state index in [2.05, 4.69) is 16.3 Å². The van der Waals surface area contributed by atoms with Crippen LogP contribution in [0.25, 0.3) is 6.08 Å². The minimum atomic E-state index is -0.0312. The molecule has 1 aromatic carbocycles. The lowest BCUT2D eigenvalue weighted by Crippen LogP contribution is -2.58. The second kappa shape index (κ2) is 9.00. The molecule has 0 spiro atoms. The molecule has 138 valence electrons. The van der Waals surface area contributed by atoms with Crippen molar-refractivity contribution in [3.63, 3.8) is 0 Å². The fraction of sp³-hybridized carbons (Fsp3) is 0.545. The van der Waals surface area contributed by atoms with Crippen LogP contribution in [0, 0.1) is 11.3 Å². The van der Waals surface area contributed by atoms with Gasteiger partial charge in [0, 0.05) is 18.2 Å². The molecule has 1 aliphatic heterocycles. The molecular formula is C22H29N3O. The minimum absolute atomic E-state index is 0.0312. The largest absolute Gasteiger partial charge is 0.351 e. The van der Waals surface area contributed by atoms with Crippen LogP contribution in [-0.4, -0.2) is 36.0 Å². The van der Waals surface area contributed by atoms with Gasteiger partial charge in [-0.2, -0.15) is 5.26 Å². The predicted octanol–water partition coefficient (Wildman–Crippen LogP) is 3.88. The fourth-order valence-corrected chi connectivity index (χ4v) is 4.33. The summed E-state index contributed by atoms with van der Waals surface area (Å²) in [6.45, 7) is 3.11. The summed E-state index contributed by atoms with van der Waals surface area (Å²) in [7, 11) is 0. The maximum Gasteiger partial charge on any atom is 0.244 e. The molecule has 0 radical (unpaired) electrons. The standard InChI is InChI=1S/C22H29N3O/c23-17-20-9-7-19(8-10-20)11-12-21(26)24-18-22(13-3-1-4-14-22)25-15-5-2-6-16-25/h7-12H,1-6,13-16,18H2,(H,24,26)/b12-11+. The molecule has 0 bridgehead atoms. The zero-order chi connectivity index (χ0) is 18.2. The van der Waals surface area contributed by atoms with Gasteiger partial charge in [0.15, 0.2) is 0 Å². The topological polar surface area (TPSA) is 56.1 Å². The second-order valence-electron chi connectivity index (χ2n) is 7.62. The van der Waals surface area contributed by atoms with Crippen molar-refractivity contribution in [3.05, 3.63) is 41.5 Å². The minimum Gasteiger partial charge on any atom is -0.351 e. The van der Waals surface area contributed by atoms with E-state index in [1.54, 1.807) is 18.2 Å². The highest BCUT2D eigenvalue weighted by Gasteiger charge is 2.38. The van der Waals surface area contributed by atoms with Crippen LogP contribution in [-0.2, 0) is 4.79 Å². The van der Waals surface area contributed by atoms with E-state index in [-0.39, 0.29) is 11.4 Å². The average Bonchev–Trinajstić information content (AvgIpc) is 2.72. The summed E-state index contributed by atoms with van der Waals surface area (Å²) in [5, 5.41) is 12.0. The smallest absolute Gasteiger partial charge is 0.244 e. The van der Waals surface area contributed by atoms with Crippen LogP contribution >= 0.6 is 0 Å². The first-order valence-electron chi connectivity index (χ1n) is 9.93. The third kappa shape index (κ3) is 4.74. The number of carbonyl (C=O) groups excluding carboxylic acids is 1. The number of rotatable bonds is 5. The molecule has 2 aliphatic rings. The maximum absolute atomic E-state index is 12.3. The normalized spacial score (nSPS) is 20.6. The van der Waals surface area contributed by atoms with Crippen LogP contribution in [0.5, 0.6) is 0 Å². The van der Waals surface area contributed by atoms with E-state index >= 15 is 0 Å². The Balaban J connectivity index is 1.58. The van der Waals surface area contributed by atoms with Crippen LogP contribution in [0.2, 0.25) is 0 Å². The van der Waals surface area contributed by atoms with E-state index in [1.165, 1.54) is 64.5 Å². The highest BCUT2D eigenvalue weighted by molar-refractivity contribution is 5.91. The van der Waals surface area contributed by atoms with Gasteiger partial charge in [0.25, 0.3) is 0 Å². The Kier molecular flexibility index (Phi) is 6.46. The summed E-state index contributed by atoms with van der Waals surface area (Å²) in [5.74, 6) is -0.0312. The quantitative estimate of drug-likeness (QED) is 0.819. The van der Waals surface area contributed by atoms with E-state index < -0.39 is 0 Å². The summed E-state index contributed by atoms with van der Waals surface area (Å²) >= 11 is 0. The molecule has 2 fully saturated rings. The van der Waals surface area contributed by atoms with Gasteiger partial charge in [-0.05, 0) is 62.5 Å². The highest BCUT2D eigenvalue weighted by atomic mass is 16.1. The van der Waals surface area contributed by atoms with E-state index in [4.69, 9.17) is 5.26 Å². The molecule has 1 saturated heterocycles. The lowest BCUT2D eigenvalue weighted by Gasteiger charge is -2.48. The zero-order valence-electron chi connectivity index (χ0n) is 15.5. The Bertz CT molecular complexity index is 660. The first kappa shape index (κ1) is 18.7. The molecule has 0 unspecified atom stereocenters. The molecule has 0 aromatic heterocycles. The van der Waals surface area contributed by atoms with E-state index in [0.29, 0.717) is 5.56 Å². The Morgan fingerprint density at radius 2 is 1.73 bits per heavy atom. The van der Waals surface area contributed by atoms with Crippen LogP contribution < -0.4 is 5.32 Å². The fourth-order valence-electron chi connectivity index (χ4n) is 4.33. The molecule has 1 aromatic rings. The number of hydrogen-bond acceptors (Lipinski definition) is 3. The first-order chi connectivity index (χ1) is 12.7. The van der Waals surface area contributed by atoms with Crippen molar-refractivity contribution in [2.75, 3.05) is 19.6 Å². The van der Waals surface area contributed by atoms with Crippen LogP contribution in [0.1, 0.15) is 62.5 Å². The molecular weight excluding hydrogens is 322 g/mol. The molecule has 1 N–H and O–H groups in total. The van der Waals surface area contributed by atoms with Crippen molar-refractivity contribution in [3.8, 4) is 6.07 Å². The van der Waals surface area contributed by atoms with Gasteiger partial charge in [-0.25, -0.2) is 0 Å². The zero-order valence-corrected chi connectivity index (χ0v) is 15.5. The number of benzene rings is 1. The molecule has 1 amide bonds. The van der Waals surface area contributed by atoms with Gasteiger partial charge in [-0.15, -0.1) is 0 Å². The van der Waals surface area contributed by atoms with Crippen molar-refractivity contribution < 1.29 is 4.79 Å². The van der Waals surface area contributed by atoms with Crippen molar-refractivity contribution in [2.24, 2.45) is 0 Å². The summed E-state index contributed by atoms with van der Waals surface area (Å²) in [6, 6.07) is 9.36. The van der Waals surface area contributed by atoms with Crippen LogP contribution in [0.4, 0.5) is 0 Å². The third-order valence-corrected chi connectivity index (χ3v) is 5.87. The summed E-state index contributed by atoms with van der Waals surface area (Å²) in [4.78, 5) is 15.0. The Hall–Kier alpha value is -2.12. The number of amides is 1. The molecule has 26 heavy (non-hydrogen) atoms. The molecule has 1 heterocycles. The number of carbonyl (C=O) groups is 1.